The van der Waals surface area contributed by atoms with Crippen LogP contribution in [0.15, 0.2) is 41.0 Å². The highest BCUT2D eigenvalue weighted by molar-refractivity contribution is 9.10. The number of aromatic nitrogens is 1. The van der Waals surface area contributed by atoms with Gasteiger partial charge in [0.15, 0.2) is 5.78 Å². The molecule has 2 rings (SSSR count). The number of carbonyl (C=O) groups excluding carboxylic acids is 1. The minimum Gasteiger partial charge on any atom is -0.383 e. The van der Waals surface area contributed by atoms with Crippen molar-refractivity contribution in [3.63, 3.8) is 0 Å². The molecule has 2 N–H and O–H groups in total. The molecular formula is C13H10BrFN2O. The minimum atomic E-state index is -0.390. The van der Waals surface area contributed by atoms with Crippen molar-refractivity contribution in [2.24, 2.45) is 0 Å². The Morgan fingerprint density at radius 1 is 1.39 bits per heavy atom. The first-order valence-electron chi connectivity index (χ1n) is 5.25. The SMILES string of the molecule is Nc1ncccc1CC(=O)c1ccc(F)cc1Br. The van der Waals surface area contributed by atoms with E-state index in [1.807, 2.05) is 0 Å². The molecule has 0 aliphatic heterocycles. The van der Waals surface area contributed by atoms with Crippen LogP contribution in [0.3, 0.4) is 0 Å². The molecule has 0 aliphatic carbocycles. The summed E-state index contributed by atoms with van der Waals surface area (Å²) < 4.78 is 13.4. The van der Waals surface area contributed by atoms with Gasteiger partial charge in [-0.3, -0.25) is 4.79 Å². The quantitative estimate of drug-likeness (QED) is 0.887. The van der Waals surface area contributed by atoms with Gasteiger partial charge in [-0.25, -0.2) is 9.37 Å². The molecule has 0 aliphatic rings. The van der Waals surface area contributed by atoms with Crippen LogP contribution >= 0.6 is 15.9 Å². The molecule has 92 valence electrons. The maximum Gasteiger partial charge on any atom is 0.168 e. The van der Waals surface area contributed by atoms with Gasteiger partial charge >= 0.3 is 0 Å². The predicted molar refractivity (Wildman–Crippen MR) is 70.8 cm³/mol. The molecule has 0 unspecified atom stereocenters. The van der Waals surface area contributed by atoms with Crippen molar-refractivity contribution in [3.8, 4) is 0 Å². The maximum atomic E-state index is 12.9. The number of hydrogen-bond acceptors (Lipinski definition) is 3. The van der Waals surface area contributed by atoms with E-state index in [1.54, 1.807) is 18.3 Å². The fourth-order valence-corrected chi connectivity index (χ4v) is 2.16. The van der Waals surface area contributed by atoms with Crippen LogP contribution in [0.4, 0.5) is 10.2 Å². The third kappa shape index (κ3) is 2.73. The van der Waals surface area contributed by atoms with Gasteiger partial charge in [0.2, 0.25) is 0 Å². The summed E-state index contributed by atoms with van der Waals surface area (Å²) in [4.78, 5) is 16.0. The zero-order valence-corrected chi connectivity index (χ0v) is 10.9. The molecule has 18 heavy (non-hydrogen) atoms. The van der Waals surface area contributed by atoms with Gasteiger partial charge in [0.05, 0.1) is 0 Å². The number of anilines is 1. The van der Waals surface area contributed by atoms with E-state index in [4.69, 9.17) is 5.73 Å². The first-order valence-corrected chi connectivity index (χ1v) is 6.05. The van der Waals surface area contributed by atoms with Gasteiger partial charge in [-0.2, -0.15) is 0 Å². The van der Waals surface area contributed by atoms with E-state index in [0.717, 1.165) is 0 Å². The molecule has 0 atom stereocenters. The number of hydrogen-bond donors (Lipinski definition) is 1. The van der Waals surface area contributed by atoms with E-state index in [2.05, 4.69) is 20.9 Å². The van der Waals surface area contributed by atoms with Gasteiger partial charge in [0.1, 0.15) is 11.6 Å². The number of nitrogen functional groups attached to an aromatic ring is 1. The van der Waals surface area contributed by atoms with E-state index >= 15 is 0 Å². The second-order valence-corrected chi connectivity index (χ2v) is 4.63. The van der Waals surface area contributed by atoms with Crippen LogP contribution in [0, 0.1) is 5.82 Å². The molecule has 0 fully saturated rings. The molecule has 1 aromatic carbocycles. The van der Waals surface area contributed by atoms with Crippen LogP contribution in [0.1, 0.15) is 15.9 Å². The smallest absolute Gasteiger partial charge is 0.168 e. The Hall–Kier alpha value is -1.75. The van der Waals surface area contributed by atoms with E-state index in [9.17, 15) is 9.18 Å². The van der Waals surface area contributed by atoms with Crippen LogP contribution < -0.4 is 5.73 Å². The van der Waals surface area contributed by atoms with E-state index in [0.29, 0.717) is 21.4 Å². The Balaban J connectivity index is 2.25. The van der Waals surface area contributed by atoms with Crippen LogP contribution in [0.2, 0.25) is 0 Å². The lowest BCUT2D eigenvalue weighted by Gasteiger charge is -2.05. The first kappa shape index (κ1) is 12.7. The summed E-state index contributed by atoms with van der Waals surface area (Å²) in [5, 5.41) is 0. The van der Waals surface area contributed by atoms with Gasteiger partial charge in [-0.15, -0.1) is 0 Å². The zero-order valence-electron chi connectivity index (χ0n) is 9.36. The van der Waals surface area contributed by atoms with Crippen molar-refractivity contribution in [2.75, 3.05) is 5.73 Å². The zero-order chi connectivity index (χ0) is 13.1. The lowest BCUT2D eigenvalue weighted by molar-refractivity contribution is 0.0992. The lowest BCUT2D eigenvalue weighted by Crippen LogP contribution is -2.07. The molecule has 2 aromatic rings. The molecule has 1 aromatic heterocycles. The average Bonchev–Trinajstić information content (AvgIpc) is 2.32. The van der Waals surface area contributed by atoms with Crippen molar-refractivity contribution < 1.29 is 9.18 Å². The van der Waals surface area contributed by atoms with Crippen molar-refractivity contribution >= 4 is 27.5 Å². The Morgan fingerprint density at radius 2 is 2.17 bits per heavy atom. The van der Waals surface area contributed by atoms with Crippen molar-refractivity contribution in [2.45, 2.75) is 6.42 Å². The number of benzene rings is 1. The fraction of sp³-hybridized carbons (Fsp3) is 0.0769. The monoisotopic (exact) mass is 308 g/mol. The topological polar surface area (TPSA) is 56.0 Å². The molecule has 0 spiro atoms. The van der Waals surface area contributed by atoms with Gasteiger partial charge in [0.25, 0.3) is 0 Å². The van der Waals surface area contributed by atoms with Crippen molar-refractivity contribution in [1.82, 2.24) is 4.98 Å². The summed E-state index contributed by atoms with van der Waals surface area (Å²) in [5.74, 6) is -0.190. The highest BCUT2D eigenvalue weighted by Crippen LogP contribution is 2.20. The van der Waals surface area contributed by atoms with Crippen LogP contribution in [-0.4, -0.2) is 10.8 Å². The second-order valence-electron chi connectivity index (χ2n) is 3.77. The number of nitrogens with zero attached hydrogens (tertiary/aromatic N) is 1. The molecule has 3 nitrogen and oxygen atoms in total. The largest absolute Gasteiger partial charge is 0.383 e. The van der Waals surface area contributed by atoms with E-state index < -0.39 is 0 Å². The third-order valence-corrected chi connectivity index (χ3v) is 3.16. The van der Waals surface area contributed by atoms with E-state index in [1.165, 1.54) is 18.2 Å². The van der Waals surface area contributed by atoms with E-state index in [-0.39, 0.29) is 18.0 Å². The van der Waals surface area contributed by atoms with Gasteiger partial charge < -0.3 is 5.73 Å². The lowest BCUT2D eigenvalue weighted by atomic mass is 10.0. The number of halogens is 2. The Bertz CT molecular complexity index is 601. The summed E-state index contributed by atoms with van der Waals surface area (Å²) in [6.07, 6.45) is 1.71. The van der Waals surface area contributed by atoms with Gasteiger partial charge in [-0.05, 0) is 40.2 Å². The Morgan fingerprint density at radius 3 is 2.83 bits per heavy atom. The predicted octanol–water partition coefficient (Wildman–Crippen LogP) is 2.99. The summed E-state index contributed by atoms with van der Waals surface area (Å²) in [6.45, 7) is 0. The average molecular weight is 309 g/mol. The van der Waals surface area contributed by atoms with Gasteiger partial charge in [-0.1, -0.05) is 6.07 Å². The molecule has 1 heterocycles. The van der Waals surface area contributed by atoms with Crippen molar-refractivity contribution in [1.29, 1.82) is 0 Å². The highest BCUT2D eigenvalue weighted by atomic mass is 79.9. The number of Topliss-reactive ketones (excluding diaryl/α,β-unsaturated/α-hetero) is 1. The molecule has 0 amide bonds. The summed E-state index contributed by atoms with van der Waals surface area (Å²) >= 11 is 3.17. The Kier molecular flexibility index (Phi) is 3.72. The standard InChI is InChI=1S/C13H10BrFN2O/c14-11-7-9(15)3-4-10(11)12(18)6-8-2-1-5-17-13(8)16/h1-5,7H,6H2,(H2,16,17). The number of ketones is 1. The number of carbonyl (C=O) groups is 1. The summed E-state index contributed by atoms with van der Waals surface area (Å²) in [5.41, 5.74) is 6.77. The first-order chi connectivity index (χ1) is 8.58. The summed E-state index contributed by atoms with van der Waals surface area (Å²) in [6, 6.07) is 7.44. The van der Waals surface area contributed by atoms with Crippen LogP contribution in [0.5, 0.6) is 0 Å². The number of rotatable bonds is 3. The molecule has 0 radical (unpaired) electrons. The summed E-state index contributed by atoms with van der Waals surface area (Å²) in [7, 11) is 0. The second kappa shape index (κ2) is 5.27. The van der Waals surface area contributed by atoms with Crippen LogP contribution in [0.25, 0.3) is 0 Å². The Labute approximate surface area is 112 Å². The molecule has 0 bridgehead atoms. The highest BCUT2D eigenvalue weighted by Gasteiger charge is 2.13. The normalized spacial score (nSPS) is 10.3. The molecule has 5 heteroatoms. The van der Waals surface area contributed by atoms with Gasteiger partial charge in [0, 0.05) is 28.2 Å². The third-order valence-electron chi connectivity index (χ3n) is 2.51. The van der Waals surface area contributed by atoms with Crippen LogP contribution in [-0.2, 0) is 6.42 Å². The molecular weight excluding hydrogens is 299 g/mol. The fourth-order valence-electron chi connectivity index (χ4n) is 1.58. The number of pyridine rings is 1. The molecule has 0 saturated heterocycles. The van der Waals surface area contributed by atoms with Crippen molar-refractivity contribution in [3.05, 3.63) is 57.9 Å². The maximum absolute atomic E-state index is 12.9. The minimum absolute atomic E-state index is 0.137. The molecule has 0 saturated carbocycles. The number of nitrogens with two attached hydrogens (primary N) is 1.